The van der Waals surface area contributed by atoms with Crippen molar-refractivity contribution in [2.24, 2.45) is 0 Å². The third kappa shape index (κ3) is 1.95. The van der Waals surface area contributed by atoms with Crippen LogP contribution < -0.4 is 5.32 Å². The van der Waals surface area contributed by atoms with Gasteiger partial charge in [-0.05, 0) is 39.7 Å². The van der Waals surface area contributed by atoms with Crippen LogP contribution in [0.15, 0.2) is 0 Å². The molecule has 0 bridgehead atoms. The molecule has 0 aromatic heterocycles. The fourth-order valence-electron chi connectivity index (χ4n) is 2.61. The van der Waals surface area contributed by atoms with E-state index >= 15 is 0 Å². The first-order valence-electron chi connectivity index (χ1n) is 5.68. The van der Waals surface area contributed by atoms with Crippen molar-refractivity contribution in [3.05, 3.63) is 0 Å². The Morgan fingerprint density at radius 3 is 2.93 bits per heavy atom. The second-order valence-corrected chi connectivity index (χ2v) is 4.65. The maximum atomic E-state index is 6.09. The Hall–Kier alpha value is -0.120. The van der Waals surface area contributed by atoms with Gasteiger partial charge in [-0.15, -0.1) is 0 Å². The topological polar surface area (TPSA) is 30.5 Å². The van der Waals surface area contributed by atoms with Gasteiger partial charge >= 0.3 is 0 Å². The summed E-state index contributed by atoms with van der Waals surface area (Å²) in [5, 5.41) is 3.17. The SMILES string of the molecule is CNCC1CCC(C)(C2CCCO2)O1. The van der Waals surface area contributed by atoms with Crippen molar-refractivity contribution in [3.8, 4) is 0 Å². The highest BCUT2D eigenvalue weighted by Crippen LogP contribution is 2.37. The molecule has 2 aliphatic rings. The predicted molar refractivity (Wildman–Crippen MR) is 55.4 cm³/mol. The molecule has 2 heterocycles. The fraction of sp³-hybridized carbons (Fsp3) is 1.00. The minimum Gasteiger partial charge on any atom is -0.375 e. The normalized spacial score (nSPS) is 43.3. The van der Waals surface area contributed by atoms with E-state index in [4.69, 9.17) is 9.47 Å². The van der Waals surface area contributed by atoms with E-state index in [-0.39, 0.29) is 5.60 Å². The molecule has 0 aromatic rings. The van der Waals surface area contributed by atoms with Crippen molar-refractivity contribution in [3.63, 3.8) is 0 Å². The van der Waals surface area contributed by atoms with Crippen LogP contribution in [-0.4, -0.2) is 38.0 Å². The maximum absolute atomic E-state index is 6.09. The first-order chi connectivity index (χ1) is 6.74. The van der Waals surface area contributed by atoms with Gasteiger partial charge in [-0.2, -0.15) is 0 Å². The second-order valence-electron chi connectivity index (χ2n) is 4.65. The first kappa shape index (κ1) is 10.4. The Balaban J connectivity index is 1.90. The van der Waals surface area contributed by atoms with Gasteiger partial charge in [0, 0.05) is 13.2 Å². The summed E-state index contributed by atoms with van der Waals surface area (Å²) in [6, 6.07) is 0. The summed E-state index contributed by atoms with van der Waals surface area (Å²) in [5.74, 6) is 0. The lowest BCUT2D eigenvalue weighted by atomic mass is 9.93. The van der Waals surface area contributed by atoms with E-state index in [1.807, 2.05) is 7.05 Å². The molecule has 0 saturated carbocycles. The lowest BCUT2D eigenvalue weighted by Crippen LogP contribution is -2.40. The van der Waals surface area contributed by atoms with Crippen molar-refractivity contribution in [1.82, 2.24) is 5.32 Å². The van der Waals surface area contributed by atoms with E-state index in [1.54, 1.807) is 0 Å². The van der Waals surface area contributed by atoms with Gasteiger partial charge < -0.3 is 14.8 Å². The van der Waals surface area contributed by atoms with Crippen molar-refractivity contribution in [2.45, 2.75) is 50.4 Å². The van der Waals surface area contributed by atoms with Crippen molar-refractivity contribution in [1.29, 1.82) is 0 Å². The van der Waals surface area contributed by atoms with Gasteiger partial charge in [0.2, 0.25) is 0 Å². The van der Waals surface area contributed by atoms with Crippen LogP contribution in [0.5, 0.6) is 0 Å². The van der Waals surface area contributed by atoms with Gasteiger partial charge in [0.1, 0.15) is 0 Å². The molecule has 3 unspecified atom stereocenters. The highest BCUT2D eigenvalue weighted by atomic mass is 16.6. The minimum atomic E-state index is -0.0159. The van der Waals surface area contributed by atoms with Crippen LogP contribution in [0.25, 0.3) is 0 Å². The van der Waals surface area contributed by atoms with Gasteiger partial charge in [-0.3, -0.25) is 0 Å². The van der Waals surface area contributed by atoms with Crippen molar-refractivity contribution < 1.29 is 9.47 Å². The zero-order valence-electron chi connectivity index (χ0n) is 9.21. The molecule has 3 atom stereocenters. The zero-order chi connectivity index (χ0) is 10.0. The average molecular weight is 199 g/mol. The summed E-state index contributed by atoms with van der Waals surface area (Å²) in [5.41, 5.74) is -0.0159. The standard InChI is InChI=1S/C11H21NO2/c1-11(10-4-3-7-13-10)6-5-9(14-11)8-12-2/h9-10,12H,3-8H2,1-2H3. The van der Waals surface area contributed by atoms with Crippen molar-refractivity contribution >= 4 is 0 Å². The summed E-state index contributed by atoms with van der Waals surface area (Å²) in [6.07, 6.45) is 5.39. The summed E-state index contributed by atoms with van der Waals surface area (Å²) in [7, 11) is 1.98. The molecule has 0 aromatic carbocycles. The highest BCUT2D eigenvalue weighted by molar-refractivity contribution is 4.94. The Morgan fingerprint density at radius 1 is 1.43 bits per heavy atom. The molecule has 2 saturated heterocycles. The number of likely N-dealkylation sites (N-methyl/N-ethyl adjacent to an activating group) is 1. The summed E-state index contributed by atoms with van der Waals surface area (Å²) in [6.45, 7) is 4.08. The van der Waals surface area contributed by atoms with E-state index in [2.05, 4.69) is 12.2 Å². The number of rotatable bonds is 3. The smallest absolute Gasteiger partial charge is 0.0920 e. The first-order valence-corrected chi connectivity index (χ1v) is 5.68. The van der Waals surface area contributed by atoms with Gasteiger partial charge in [0.05, 0.1) is 17.8 Å². The lowest BCUT2D eigenvalue weighted by Gasteiger charge is -2.30. The molecule has 0 amide bonds. The molecule has 0 spiro atoms. The molecule has 1 N–H and O–H groups in total. The van der Waals surface area contributed by atoms with E-state index in [9.17, 15) is 0 Å². The number of hydrogen-bond donors (Lipinski definition) is 1. The Morgan fingerprint density at radius 2 is 2.29 bits per heavy atom. The van der Waals surface area contributed by atoms with Gasteiger partial charge in [-0.25, -0.2) is 0 Å². The van der Waals surface area contributed by atoms with Gasteiger partial charge in [-0.1, -0.05) is 0 Å². The molecule has 14 heavy (non-hydrogen) atoms. The quantitative estimate of drug-likeness (QED) is 0.743. The summed E-state index contributed by atoms with van der Waals surface area (Å²) in [4.78, 5) is 0. The van der Waals surface area contributed by atoms with E-state index in [0.29, 0.717) is 12.2 Å². The molecule has 2 fully saturated rings. The highest BCUT2D eigenvalue weighted by Gasteiger charge is 2.44. The van der Waals surface area contributed by atoms with Crippen LogP contribution in [0.3, 0.4) is 0 Å². The van der Waals surface area contributed by atoms with E-state index in [1.165, 1.54) is 12.8 Å². The minimum absolute atomic E-state index is 0.0159. The Labute approximate surface area is 86.2 Å². The van der Waals surface area contributed by atoms with Crippen LogP contribution in [0.1, 0.15) is 32.6 Å². The lowest BCUT2D eigenvalue weighted by molar-refractivity contribution is -0.109. The summed E-state index contributed by atoms with van der Waals surface area (Å²) >= 11 is 0. The zero-order valence-corrected chi connectivity index (χ0v) is 9.21. The third-order valence-electron chi connectivity index (χ3n) is 3.44. The molecule has 0 aliphatic carbocycles. The largest absolute Gasteiger partial charge is 0.375 e. The van der Waals surface area contributed by atoms with Crippen LogP contribution in [0.2, 0.25) is 0 Å². The summed E-state index contributed by atoms with van der Waals surface area (Å²) < 4.78 is 11.8. The van der Waals surface area contributed by atoms with Gasteiger partial charge in [0.25, 0.3) is 0 Å². The van der Waals surface area contributed by atoms with Gasteiger partial charge in [0.15, 0.2) is 0 Å². The molecule has 3 heteroatoms. The molecule has 82 valence electrons. The molecule has 3 nitrogen and oxygen atoms in total. The Kier molecular flexibility index (Phi) is 3.10. The van der Waals surface area contributed by atoms with Crippen LogP contribution in [0, 0.1) is 0 Å². The third-order valence-corrected chi connectivity index (χ3v) is 3.44. The number of nitrogens with one attached hydrogen (secondary N) is 1. The molecule has 0 radical (unpaired) electrons. The number of hydrogen-bond acceptors (Lipinski definition) is 3. The van der Waals surface area contributed by atoms with E-state index in [0.717, 1.165) is 26.0 Å². The second kappa shape index (κ2) is 4.17. The van der Waals surface area contributed by atoms with E-state index < -0.39 is 0 Å². The van der Waals surface area contributed by atoms with Crippen LogP contribution in [-0.2, 0) is 9.47 Å². The fourth-order valence-corrected chi connectivity index (χ4v) is 2.61. The molecule has 2 aliphatic heterocycles. The molecule has 2 rings (SSSR count). The number of ether oxygens (including phenoxy) is 2. The molecular formula is C11H21NO2. The van der Waals surface area contributed by atoms with Crippen LogP contribution >= 0.6 is 0 Å². The predicted octanol–water partition coefficient (Wildman–Crippen LogP) is 1.32. The average Bonchev–Trinajstić information content (AvgIpc) is 2.75. The Bertz CT molecular complexity index is 192. The monoisotopic (exact) mass is 199 g/mol. The molecular weight excluding hydrogens is 178 g/mol. The van der Waals surface area contributed by atoms with Crippen molar-refractivity contribution in [2.75, 3.05) is 20.2 Å². The maximum Gasteiger partial charge on any atom is 0.0920 e. The van der Waals surface area contributed by atoms with Crippen LogP contribution in [0.4, 0.5) is 0 Å².